The molecule has 1 fully saturated rings. The number of hydrogen-bond donors (Lipinski definition) is 2. The molecule has 2 N–H and O–H groups in total. The topological polar surface area (TPSA) is 58.3 Å². The first-order chi connectivity index (χ1) is 14.1. The zero-order valence-electron chi connectivity index (χ0n) is 16.2. The molecule has 0 spiro atoms. The molecule has 4 nitrogen and oxygen atoms in total. The molecule has 1 saturated carbocycles. The van der Waals surface area contributed by atoms with Gasteiger partial charge >= 0.3 is 0 Å². The number of aliphatic hydroxyl groups excluding tert-OH is 1. The summed E-state index contributed by atoms with van der Waals surface area (Å²) in [7, 11) is 0. The Morgan fingerprint density at radius 1 is 1.10 bits per heavy atom. The van der Waals surface area contributed by atoms with Crippen LogP contribution in [0.1, 0.15) is 55.2 Å². The third-order valence-electron chi connectivity index (χ3n) is 6.85. The van der Waals surface area contributed by atoms with E-state index in [1.165, 1.54) is 11.6 Å². The highest BCUT2D eigenvalue weighted by Crippen LogP contribution is 2.46. The molecule has 3 aromatic rings. The molecule has 29 heavy (non-hydrogen) atoms. The molecule has 2 unspecified atom stereocenters. The predicted molar refractivity (Wildman–Crippen MR) is 109 cm³/mol. The summed E-state index contributed by atoms with van der Waals surface area (Å²) >= 11 is 0. The second-order valence-corrected chi connectivity index (χ2v) is 8.44. The van der Waals surface area contributed by atoms with E-state index in [-0.39, 0.29) is 18.3 Å². The fourth-order valence-corrected chi connectivity index (χ4v) is 5.17. The minimum absolute atomic E-state index is 0.268. The molecule has 2 aromatic carbocycles. The SMILES string of the molecule is OC(CC1c2c(F)cccc2-c2cncn21)C1(O)CCC(c2ccccc2)CC1. The van der Waals surface area contributed by atoms with E-state index in [2.05, 4.69) is 17.1 Å². The highest BCUT2D eigenvalue weighted by Gasteiger charge is 2.43. The van der Waals surface area contributed by atoms with Crippen LogP contribution in [0.25, 0.3) is 11.3 Å². The molecule has 2 aliphatic rings. The second-order valence-electron chi connectivity index (χ2n) is 8.44. The van der Waals surface area contributed by atoms with Crippen molar-refractivity contribution < 1.29 is 14.6 Å². The number of fused-ring (bicyclic) bond motifs is 3. The molecule has 150 valence electrons. The van der Waals surface area contributed by atoms with Gasteiger partial charge in [0, 0.05) is 17.5 Å². The first kappa shape index (κ1) is 18.5. The molecule has 1 aromatic heterocycles. The van der Waals surface area contributed by atoms with Crippen molar-refractivity contribution in [2.75, 3.05) is 0 Å². The largest absolute Gasteiger partial charge is 0.390 e. The normalized spacial score (nSPS) is 26.7. The zero-order chi connectivity index (χ0) is 20.0. The molecule has 2 heterocycles. The van der Waals surface area contributed by atoms with Crippen molar-refractivity contribution in [1.29, 1.82) is 0 Å². The smallest absolute Gasteiger partial charge is 0.129 e. The standard InChI is InChI=1S/C24H25FN2O2/c25-19-8-4-7-18-21-14-26-15-27(21)20(23(18)19)13-22(28)24(29)11-9-17(10-12-24)16-5-2-1-3-6-16/h1-8,14-15,17,20,22,28-29H,9-13H2. The summed E-state index contributed by atoms with van der Waals surface area (Å²) in [6.45, 7) is 0. The molecule has 5 heteroatoms. The summed E-state index contributed by atoms with van der Waals surface area (Å²) in [6, 6.07) is 15.0. The van der Waals surface area contributed by atoms with E-state index >= 15 is 0 Å². The van der Waals surface area contributed by atoms with E-state index in [9.17, 15) is 14.6 Å². The molecule has 0 radical (unpaired) electrons. The minimum atomic E-state index is -1.14. The molecular weight excluding hydrogens is 367 g/mol. The number of benzene rings is 2. The van der Waals surface area contributed by atoms with Crippen molar-refractivity contribution in [3.63, 3.8) is 0 Å². The lowest BCUT2D eigenvalue weighted by atomic mass is 9.72. The second kappa shape index (κ2) is 7.08. The Kier molecular flexibility index (Phi) is 4.52. The molecule has 1 aliphatic heterocycles. The van der Waals surface area contributed by atoms with Gasteiger partial charge in [-0.2, -0.15) is 0 Å². The van der Waals surface area contributed by atoms with Gasteiger partial charge in [-0.15, -0.1) is 0 Å². The summed E-state index contributed by atoms with van der Waals surface area (Å²) in [4.78, 5) is 4.20. The lowest BCUT2D eigenvalue weighted by Crippen LogP contribution is -2.46. The fourth-order valence-electron chi connectivity index (χ4n) is 5.17. The fraction of sp³-hybridized carbons (Fsp3) is 0.375. The lowest BCUT2D eigenvalue weighted by Gasteiger charge is -2.40. The van der Waals surface area contributed by atoms with Crippen LogP contribution in [-0.2, 0) is 0 Å². The number of hydrogen-bond acceptors (Lipinski definition) is 3. The van der Waals surface area contributed by atoms with Crippen LogP contribution in [0.3, 0.4) is 0 Å². The van der Waals surface area contributed by atoms with E-state index in [4.69, 9.17) is 0 Å². The maximum absolute atomic E-state index is 14.6. The van der Waals surface area contributed by atoms with Crippen LogP contribution in [0.5, 0.6) is 0 Å². The van der Waals surface area contributed by atoms with Crippen LogP contribution in [0, 0.1) is 5.82 Å². The Hall–Kier alpha value is -2.50. The average Bonchev–Trinajstić information content (AvgIpc) is 3.32. The highest BCUT2D eigenvalue weighted by atomic mass is 19.1. The van der Waals surface area contributed by atoms with Gasteiger partial charge in [-0.25, -0.2) is 9.37 Å². The number of imidazole rings is 1. The van der Waals surface area contributed by atoms with E-state index in [1.807, 2.05) is 28.8 Å². The third kappa shape index (κ3) is 3.09. The maximum Gasteiger partial charge on any atom is 0.129 e. The molecule has 0 amide bonds. The first-order valence-corrected chi connectivity index (χ1v) is 10.3. The van der Waals surface area contributed by atoms with Crippen molar-refractivity contribution >= 4 is 0 Å². The summed E-state index contributed by atoms with van der Waals surface area (Å²) in [5.74, 6) is 0.136. The van der Waals surface area contributed by atoms with Gasteiger partial charge in [0.15, 0.2) is 0 Å². The lowest BCUT2D eigenvalue weighted by molar-refractivity contribution is -0.105. The van der Waals surface area contributed by atoms with Crippen molar-refractivity contribution in [2.45, 2.75) is 55.8 Å². The quantitative estimate of drug-likeness (QED) is 0.690. The Labute approximate surface area is 169 Å². The van der Waals surface area contributed by atoms with Crippen molar-refractivity contribution in [3.05, 3.63) is 78.0 Å². The van der Waals surface area contributed by atoms with Crippen LogP contribution < -0.4 is 0 Å². The molecule has 0 bridgehead atoms. The number of halogens is 1. The van der Waals surface area contributed by atoms with Crippen LogP contribution in [0.2, 0.25) is 0 Å². The number of rotatable bonds is 4. The summed E-state index contributed by atoms with van der Waals surface area (Å²) < 4.78 is 16.5. The Balaban J connectivity index is 1.34. The summed E-state index contributed by atoms with van der Waals surface area (Å²) in [6.07, 6.45) is 5.51. The van der Waals surface area contributed by atoms with E-state index in [0.29, 0.717) is 24.3 Å². The molecule has 5 rings (SSSR count). The van der Waals surface area contributed by atoms with Crippen molar-refractivity contribution in [3.8, 4) is 11.3 Å². The molecular formula is C24H25FN2O2. The Morgan fingerprint density at radius 2 is 1.86 bits per heavy atom. The van der Waals surface area contributed by atoms with Gasteiger partial charge in [-0.1, -0.05) is 42.5 Å². The van der Waals surface area contributed by atoms with Gasteiger partial charge in [-0.05, 0) is 43.2 Å². The zero-order valence-corrected chi connectivity index (χ0v) is 16.2. The van der Waals surface area contributed by atoms with Crippen molar-refractivity contribution in [2.24, 2.45) is 0 Å². The van der Waals surface area contributed by atoms with Crippen LogP contribution >= 0.6 is 0 Å². The monoisotopic (exact) mass is 392 g/mol. The van der Waals surface area contributed by atoms with Gasteiger partial charge in [-0.3, -0.25) is 0 Å². The first-order valence-electron chi connectivity index (χ1n) is 10.3. The van der Waals surface area contributed by atoms with Gasteiger partial charge < -0.3 is 14.8 Å². The summed E-state index contributed by atoms with van der Waals surface area (Å²) in [5, 5.41) is 22.2. The number of aromatic nitrogens is 2. The van der Waals surface area contributed by atoms with Gasteiger partial charge in [0.2, 0.25) is 0 Å². The van der Waals surface area contributed by atoms with Crippen LogP contribution in [0.4, 0.5) is 4.39 Å². The van der Waals surface area contributed by atoms with Crippen LogP contribution in [0.15, 0.2) is 61.1 Å². The predicted octanol–water partition coefficient (Wildman–Crippen LogP) is 4.43. The van der Waals surface area contributed by atoms with Gasteiger partial charge in [0.1, 0.15) is 5.82 Å². The highest BCUT2D eigenvalue weighted by molar-refractivity contribution is 5.69. The number of aliphatic hydroxyl groups is 2. The van der Waals surface area contributed by atoms with E-state index < -0.39 is 11.7 Å². The molecule has 2 atom stereocenters. The van der Waals surface area contributed by atoms with E-state index in [0.717, 1.165) is 24.1 Å². The number of nitrogens with zero attached hydrogens (tertiary/aromatic N) is 2. The van der Waals surface area contributed by atoms with Gasteiger partial charge in [0.25, 0.3) is 0 Å². The Bertz CT molecular complexity index is 1010. The van der Waals surface area contributed by atoms with Gasteiger partial charge in [0.05, 0.1) is 36.0 Å². The molecule has 1 aliphatic carbocycles. The summed E-state index contributed by atoms with van der Waals surface area (Å²) in [5.41, 5.74) is 2.42. The average molecular weight is 392 g/mol. The van der Waals surface area contributed by atoms with Crippen molar-refractivity contribution in [1.82, 2.24) is 9.55 Å². The Morgan fingerprint density at radius 3 is 2.62 bits per heavy atom. The maximum atomic E-state index is 14.6. The van der Waals surface area contributed by atoms with E-state index in [1.54, 1.807) is 18.6 Å². The minimum Gasteiger partial charge on any atom is -0.390 e. The molecule has 0 saturated heterocycles. The van der Waals surface area contributed by atoms with Crippen LogP contribution in [-0.4, -0.2) is 31.5 Å². The third-order valence-corrected chi connectivity index (χ3v) is 6.85.